The van der Waals surface area contributed by atoms with Crippen molar-refractivity contribution in [2.75, 3.05) is 12.4 Å². The second-order valence-corrected chi connectivity index (χ2v) is 6.78. The minimum atomic E-state index is -0.571. The quantitative estimate of drug-likeness (QED) is 0.627. The lowest BCUT2D eigenvalue weighted by molar-refractivity contribution is 0.0602. The van der Waals surface area contributed by atoms with E-state index in [1.165, 1.54) is 13.2 Å². The largest absolute Gasteiger partial charge is 0.465 e. The highest BCUT2D eigenvalue weighted by atomic mass is 79.9. The molecule has 7 heteroatoms. The van der Waals surface area contributed by atoms with Crippen LogP contribution in [0.5, 0.6) is 0 Å². The number of hydrogen-bond donors (Lipinski definition) is 1. The summed E-state index contributed by atoms with van der Waals surface area (Å²) in [5, 5.41) is 4.07. The number of nitrogens with zero attached hydrogens (tertiary/aromatic N) is 1. The van der Waals surface area contributed by atoms with Gasteiger partial charge in [-0.05, 0) is 42.5 Å². The fourth-order valence-electron chi connectivity index (χ4n) is 2.63. The van der Waals surface area contributed by atoms with E-state index in [1.54, 1.807) is 22.8 Å². The molecule has 0 fully saturated rings. The van der Waals surface area contributed by atoms with Gasteiger partial charge in [-0.15, -0.1) is 0 Å². The number of anilines is 1. The van der Waals surface area contributed by atoms with E-state index < -0.39 is 5.97 Å². The number of methoxy groups -OCH3 is 1. The average molecular weight is 422 g/mol. The number of ether oxygens (including phenoxy) is 1. The molecule has 0 atom stereocenters. The molecule has 1 amide bonds. The maximum absolute atomic E-state index is 12.7. The van der Waals surface area contributed by atoms with Crippen molar-refractivity contribution in [1.82, 2.24) is 4.57 Å². The molecule has 5 nitrogen and oxygen atoms in total. The summed E-state index contributed by atoms with van der Waals surface area (Å²) in [6.07, 6.45) is 0. The summed E-state index contributed by atoms with van der Waals surface area (Å²) in [6.45, 7) is 0. The van der Waals surface area contributed by atoms with Gasteiger partial charge < -0.3 is 14.6 Å². The van der Waals surface area contributed by atoms with Crippen molar-refractivity contribution in [2.24, 2.45) is 7.05 Å². The lowest BCUT2D eigenvalue weighted by Crippen LogP contribution is -2.18. The number of rotatable bonds is 3. The van der Waals surface area contributed by atoms with Crippen molar-refractivity contribution in [1.29, 1.82) is 0 Å². The van der Waals surface area contributed by atoms with Gasteiger partial charge >= 0.3 is 5.97 Å². The highest BCUT2D eigenvalue weighted by Crippen LogP contribution is 2.25. The van der Waals surface area contributed by atoms with E-state index in [0.29, 0.717) is 16.4 Å². The summed E-state index contributed by atoms with van der Waals surface area (Å²) in [7, 11) is 3.09. The molecule has 1 N–H and O–H groups in total. The predicted molar refractivity (Wildman–Crippen MR) is 101 cm³/mol. The van der Waals surface area contributed by atoms with Gasteiger partial charge in [0.15, 0.2) is 0 Å². The number of hydrogen-bond acceptors (Lipinski definition) is 3. The molecule has 3 aromatic rings. The number of halogens is 2. The van der Waals surface area contributed by atoms with Gasteiger partial charge in [-0.25, -0.2) is 4.79 Å². The van der Waals surface area contributed by atoms with Gasteiger partial charge in [0.2, 0.25) is 0 Å². The van der Waals surface area contributed by atoms with Crippen LogP contribution in [0.4, 0.5) is 5.69 Å². The Kier molecular flexibility index (Phi) is 4.83. The van der Waals surface area contributed by atoms with Crippen molar-refractivity contribution in [3.8, 4) is 0 Å². The third kappa shape index (κ3) is 3.41. The Morgan fingerprint density at radius 3 is 2.64 bits per heavy atom. The zero-order valence-electron chi connectivity index (χ0n) is 13.5. The summed E-state index contributed by atoms with van der Waals surface area (Å²) >= 11 is 9.36. The first-order valence-corrected chi connectivity index (χ1v) is 8.52. The molecular formula is C18H14BrClN2O3. The second-order valence-electron chi connectivity index (χ2n) is 5.43. The maximum Gasteiger partial charge on any atom is 0.340 e. The molecule has 0 saturated carbocycles. The zero-order chi connectivity index (χ0) is 18.1. The molecule has 0 saturated heterocycles. The van der Waals surface area contributed by atoms with E-state index >= 15 is 0 Å². The van der Waals surface area contributed by atoms with Crippen LogP contribution in [-0.2, 0) is 11.8 Å². The first-order chi connectivity index (χ1) is 11.9. The van der Waals surface area contributed by atoms with Crippen LogP contribution >= 0.6 is 27.5 Å². The number of benzene rings is 2. The second kappa shape index (κ2) is 6.90. The van der Waals surface area contributed by atoms with Gasteiger partial charge in [0, 0.05) is 27.4 Å². The van der Waals surface area contributed by atoms with Crippen molar-refractivity contribution in [3.63, 3.8) is 0 Å². The average Bonchev–Trinajstić information content (AvgIpc) is 2.91. The van der Waals surface area contributed by atoms with Gasteiger partial charge in [0.25, 0.3) is 5.91 Å². The SMILES string of the molecule is COC(=O)c1cc(Cl)ccc1NC(=O)c1cc2cc(Br)ccc2n1C. The summed E-state index contributed by atoms with van der Waals surface area (Å²) in [5.74, 6) is -0.902. The number of carbonyl (C=O) groups excluding carboxylic acids is 2. The Balaban J connectivity index is 1.98. The van der Waals surface area contributed by atoms with Crippen molar-refractivity contribution in [2.45, 2.75) is 0 Å². The maximum atomic E-state index is 12.7. The van der Waals surface area contributed by atoms with Crippen LogP contribution < -0.4 is 5.32 Å². The van der Waals surface area contributed by atoms with Crippen LogP contribution in [0.15, 0.2) is 46.9 Å². The smallest absolute Gasteiger partial charge is 0.340 e. The fraction of sp³-hybridized carbons (Fsp3) is 0.111. The molecule has 0 spiro atoms. The van der Waals surface area contributed by atoms with E-state index in [-0.39, 0.29) is 11.5 Å². The number of aryl methyl sites for hydroxylation is 1. The Labute approximate surface area is 157 Å². The van der Waals surface area contributed by atoms with Gasteiger partial charge in [-0.3, -0.25) is 4.79 Å². The summed E-state index contributed by atoms with van der Waals surface area (Å²) in [4.78, 5) is 24.6. The molecule has 1 aromatic heterocycles. The van der Waals surface area contributed by atoms with Crippen LogP contribution in [0.3, 0.4) is 0 Å². The third-order valence-corrected chi connectivity index (χ3v) is 4.60. The molecule has 0 aliphatic rings. The normalized spacial score (nSPS) is 10.7. The first-order valence-electron chi connectivity index (χ1n) is 7.35. The number of amides is 1. The molecular weight excluding hydrogens is 408 g/mol. The van der Waals surface area contributed by atoms with Gasteiger partial charge in [-0.2, -0.15) is 0 Å². The van der Waals surface area contributed by atoms with E-state index in [4.69, 9.17) is 16.3 Å². The van der Waals surface area contributed by atoms with E-state index in [0.717, 1.165) is 15.4 Å². The van der Waals surface area contributed by atoms with Crippen LogP contribution in [0.25, 0.3) is 10.9 Å². The van der Waals surface area contributed by atoms with Crippen molar-refractivity contribution in [3.05, 3.63) is 63.2 Å². The standard InChI is InChI=1S/C18H14BrClN2O3/c1-22-15-6-3-11(19)7-10(15)8-16(22)17(23)21-14-5-4-12(20)9-13(14)18(24)25-2/h3-9H,1-2H3,(H,21,23). The van der Waals surface area contributed by atoms with Crippen LogP contribution in [0.1, 0.15) is 20.8 Å². The Hall–Kier alpha value is -2.31. The Bertz CT molecular complexity index is 997. The molecule has 0 unspecified atom stereocenters. The number of nitrogens with one attached hydrogen (secondary N) is 1. The highest BCUT2D eigenvalue weighted by molar-refractivity contribution is 9.10. The van der Waals surface area contributed by atoms with Crippen LogP contribution in [0, 0.1) is 0 Å². The minimum Gasteiger partial charge on any atom is -0.465 e. The van der Waals surface area contributed by atoms with E-state index in [1.807, 2.05) is 25.2 Å². The molecule has 0 aliphatic heterocycles. The lowest BCUT2D eigenvalue weighted by atomic mass is 10.1. The molecule has 2 aromatic carbocycles. The van der Waals surface area contributed by atoms with E-state index in [9.17, 15) is 9.59 Å². The first kappa shape index (κ1) is 17.5. The van der Waals surface area contributed by atoms with Crippen molar-refractivity contribution >= 4 is 56.0 Å². The molecule has 128 valence electrons. The number of esters is 1. The van der Waals surface area contributed by atoms with E-state index in [2.05, 4.69) is 21.2 Å². The molecule has 1 heterocycles. The fourth-order valence-corrected chi connectivity index (χ4v) is 3.18. The van der Waals surface area contributed by atoms with Gasteiger partial charge in [-0.1, -0.05) is 27.5 Å². The van der Waals surface area contributed by atoms with Crippen molar-refractivity contribution < 1.29 is 14.3 Å². The number of fused-ring (bicyclic) bond motifs is 1. The molecule has 0 aliphatic carbocycles. The third-order valence-electron chi connectivity index (χ3n) is 3.87. The Morgan fingerprint density at radius 2 is 1.92 bits per heavy atom. The lowest BCUT2D eigenvalue weighted by Gasteiger charge is -2.11. The Morgan fingerprint density at radius 1 is 1.16 bits per heavy atom. The molecule has 0 radical (unpaired) electrons. The van der Waals surface area contributed by atoms with Crippen LogP contribution in [0.2, 0.25) is 5.02 Å². The van der Waals surface area contributed by atoms with Gasteiger partial charge in [0.1, 0.15) is 5.69 Å². The zero-order valence-corrected chi connectivity index (χ0v) is 15.8. The minimum absolute atomic E-state index is 0.199. The topological polar surface area (TPSA) is 60.3 Å². The number of carbonyl (C=O) groups is 2. The molecule has 3 rings (SSSR count). The predicted octanol–water partition coefficient (Wildman–Crippen LogP) is 4.63. The molecule has 25 heavy (non-hydrogen) atoms. The number of aromatic nitrogens is 1. The monoisotopic (exact) mass is 420 g/mol. The highest BCUT2D eigenvalue weighted by Gasteiger charge is 2.18. The van der Waals surface area contributed by atoms with Gasteiger partial charge in [0.05, 0.1) is 18.4 Å². The molecule has 0 bridgehead atoms. The summed E-state index contributed by atoms with van der Waals surface area (Å²) < 4.78 is 7.47. The summed E-state index contributed by atoms with van der Waals surface area (Å²) in [5.41, 5.74) is 1.94. The summed E-state index contributed by atoms with van der Waals surface area (Å²) in [6, 6.07) is 12.2. The van der Waals surface area contributed by atoms with Crippen LogP contribution in [-0.4, -0.2) is 23.6 Å².